The molecule has 0 spiro atoms. The molecule has 0 aliphatic carbocycles. The van der Waals surface area contributed by atoms with Gasteiger partial charge >= 0.3 is 13.6 Å². The maximum Gasteiger partial charge on any atom is 0.343 e. The van der Waals surface area contributed by atoms with Crippen LogP contribution in [0.2, 0.25) is 0 Å². The second-order valence-electron chi connectivity index (χ2n) is 6.30. The molecule has 0 fully saturated rings. The quantitative estimate of drug-likeness (QED) is 0.151. The zero-order valence-corrected chi connectivity index (χ0v) is 15.9. The topological polar surface area (TPSA) is 108 Å². The molecule has 6 nitrogen and oxygen atoms in total. The van der Waals surface area contributed by atoms with Crippen LogP contribution in [-0.2, 0) is 10.7 Å². The lowest BCUT2D eigenvalue weighted by molar-refractivity contribution is 0.0716. The lowest BCUT2D eigenvalue weighted by atomic mass is 10.00. The standard InChI is InChI=1S/C19H9F5NO5P/c20-13-14(21)16(23)18(17(24)15(13)22)30-19(26)10-4-9-3-8(7-31(27,28)29)1-2-12(9)11(5-10)6-25/h1-5H,7H2,(H2,27,28,29). The fourth-order valence-electron chi connectivity index (χ4n) is 2.79. The van der Waals surface area contributed by atoms with Crippen LogP contribution in [0.4, 0.5) is 22.0 Å². The van der Waals surface area contributed by atoms with Crippen LogP contribution in [0.1, 0.15) is 21.5 Å². The van der Waals surface area contributed by atoms with E-state index in [-0.39, 0.29) is 21.9 Å². The summed E-state index contributed by atoms with van der Waals surface area (Å²) in [5.74, 6) is -15.1. The number of esters is 1. The highest BCUT2D eigenvalue weighted by Crippen LogP contribution is 2.39. The first-order valence-electron chi connectivity index (χ1n) is 8.18. The van der Waals surface area contributed by atoms with E-state index < -0.39 is 60.1 Å². The minimum absolute atomic E-state index is 0.107. The molecule has 0 saturated heterocycles. The van der Waals surface area contributed by atoms with E-state index in [0.29, 0.717) is 0 Å². The molecule has 0 atom stereocenters. The van der Waals surface area contributed by atoms with Gasteiger partial charge in [0.15, 0.2) is 0 Å². The minimum atomic E-state index is -4.43. The Morgan fingerprint density at radius 3 is 2.10 bits per heavy atom. The van der Waals surface area contributed by atoms with Crippen LogP contribution in [0.15, 0.2) is 30.3 Å². The second-order valence-corrected chi connectivity index (χ2v) is 7.95. The largest absolute Gasteiger partial charge is 0.416 e. The van der Waals surface area contributed by atoms with Crippen molar-refractivity contribution in [1.29, 1.82) is 5.26 Å². The average Bonchev–Trinajstić information content (AvgIpc) is 2.71. The van der Waals surface area contributed by atoms with Crippen LogP contribution in [0.5, 0.6) is 5.75 Å². The van der Waals surface area contributed by atoms with E-state index in [1.54, 1.807) is 6.07 Å². The molecule has 31 heavy (non-hydrogen) atoms. The number of carbonyl (C=O) groups is 1. The number of rotatable bonds is 4. The molecule has 0 unspecified atom stereocenters. The second kappa shape index (κ2) is 8.07. The molecule has 0 amide bonds. The molecular weight excluding hydrogens is 448 g/mol. The molecule has 0 saturated carbocycles. The Balaban J connectivity index is 2.08. The molecule has 160 valence electrons. The van der Waals surface area contributed by atoms with Gasteiger partial charge in [-0.2, -0.15) is 14.0 Å². The van der Waals surface area contributed by atoms with Gasteiger partial charge in [-0.1, -0.05) is 18.2 Å². The highest BCUT2D eigenvalue weighted by Gasteiger charge is 2.29. The minimum Gasteiger partial charge on any atom is -0.416 e. The molecule has 0 bridgehead atoms. The van der Waals surface area contributed by atoms with Gasteiger partial charge in [-0.3, -0.25) is 4.57 Å². The van der Waals surface area contributed by atoms with Gasteiger partial charge in [0.1, 0.15) is 0 Å². The van der Waals surface area contributed by atoms with Crippen molar-refractivity contribution in [2.24, 2.45) is 0 Å². The van der Waals surface area contributed by atoms with Crippen molar-refractivity contribution in [3.63, 3.8) is 0 Å². The fourth-order valence-corrected chi connectivity index (χ4v) is 3.46. The first-order chi connectivity index (χ1) is 14.4. The van der Waals surface area contributed by atoms with Gasteiger partial charge in [-0.05, 0) is 28.5 Å². The number of hydrogen-bond donors (Lipinski definition) is 2. The van der Waals surface area contributed by atoms with Crippen LogP contribution in [0.3, 0.4) is 0 Å². The number of nitriles is 1. The Labute approximate surface area is 170 Å². The number of carbonyl (C=O) groups excluding carboxylic acids is 1. The van der Waals surface area contributed by atoms with Crippen molar-refractivity contribution < 1.29 is 45.8 Å². The SMILES string of the molecule is N#Cc1cc(C(=O)Oc2c(F)c(F)c(F)c(F)c2F)cc2cc(CP(=O)(O)O)ccc12. The summed E-state index contributed by atoms with van der Waals surface area (Å²) in [4.78, 5) is 30.5. The number of nitrogens with zero attached hydrogens (tertiary/aromatic N) is 1. The zero-order chi connectivity index (χ0) is 23.1. The maximum absolute atomic E-state index is 13.8. The van der Waals surface area contributed by atoms with Gasteiger partial charge in [0, 0.05) is 0 Å². The van der Waals surface area contributed by atoms with Crippen molar-refractivity contribution in [2.45, 2.75) is 6.16 Å². The molecule has 3 aromatic rings. The lowest BCUT2D eigenvalue weighted by Gasteiger charge is -2.11. The summed E-state index contributed by atoms with van der Waals surface area (Å²) in [5, 5.41) is 9.72. The molecular formula is C19H9F5NO5P. The van der Waals surface area contributed by atoms with Crippen LogP contribution < -0.4 is 4.74 Å². The van der Waals surface area contributed by atoms with Crippen molar-refractivity contribution in [3.8, 4) is 11.8 Å². The van der Waals surface area contributed by atoms with E-state index in [1.165, 1.54) is 18.2 Å². The molecule has 2 N–H and O–H groups in total. The predicted octanol–water partition coefficient (Wildman–Crippen LogP) is 4.30. The molecule has 12 heteroatoms. The Morgan fingerprint density at radius 2 is 1.55 bits per heavy atom. The van der Waals surface area contributed by atoms with Gasteiger partial charge in [0.25, 0.3) is 0 Å². The molecule has 0 aromatic heterocycles. The van der Waals surface area contributed by atoms with Gasteiger partial charge in [-0.15, -0.1) is 0 Å². The maximum atomic E-state index is 13.8. The summed E-state index contributed by atoms with van der Waals surface area (Å²) >= 11 is 0. The Morgan fingerprint density at radius 1 is 0.968 bits per heavy atom. The van der Waals surface area contributed by atoms with Gasteiger partial charge in [-0.25, -0.2) is 18.0 Å². The number of halogens is 5. The third-order valence-corrected chi connectivity index (χ3v) is 4.90. The van der Waals surface area contributed by atoms with E-state index in [2.05, 4.69) is 4.74 Å². The number of fused-ring (bicyclic) bond motifs is 1. The van der Waals surface area contributed by atoms with Crippen molar-refractivity contribution in [3.05, 3.63) is 76.1 Å². The predicted molar refractivity (Wildman–Crippen MR) is 95.6 cm³/mol. The van der Waals surface area contributed by atoms with Crippen LogP contribution in [0, 0.1) is 40.4 Å². The Bertz CT molecular complexity index is 1300. The highest BCUT2D eigenvalue weighted by molar-refractivity contribution is 7.50. The fraction of sp³-hybridized carbons (Fsp3) is 0.0526. The van der Waals surface area contributed by atoms with E-state index in [0.717, 1.165) is 12.1 Å². The van der Waals surface area contributed by atoms with Crippen LogP contribution in [-0.4, -0.2) is 15.8 Å². The number of hydrogen-bond acceptors (Lipinski definition) is 4. The van der Waals surface area contributed by atoms with E-state index >= 15 is 0 Å². The molecule has 0 heterocycles. The normalized spacial score (nSPS) is 11.4. The third-order valence-electron chi connectivity index (χ3n) is 4.13. The molecule has 0 aliphatic heterocycles. The summed E-state index contributed by atoms with van der Waals surface area (Å²) in [6.45, 7) is 0. The van der Waals surface area contributed by atoms with Crippen molar-refractivity contribution in [2.75, 3.05) is 0 Å². The number of ether oxygens (including phenoxy) is 1. The van der Waals surface area contributed by atoms with Crippen LogP contribution in [0.25, 0.3) is 10.8 Å². The first kappa shape index (κ1) is 22.4. The summed E-state index contributed by atoms with van der Waals surface area (Å²) in [6.07, 6.45) is -0.635. The third kappa shape index (κ3) is 4.41. The smallest absolute Gasteiger partial charge is 0.343 e. The zero-order valence-electron chi connectivity index (χ0n) is 15.0. The van der Waals surface area contributed by atoms with E-state index in [9.17, 15) is 36.6 Å². The van der Waals surface area contributed by atoms with Crippen molar-refractivity contribution >= 4 is 24.3 Å². The summed E-state index contributed by atoms with van der Waals surface area (Å²) < 4.78 is 82.8. The lowest BCUT2D eigenvalue weighted by Crippen LogP contribution is -2.14. The van der Waals surface area contributed by atoms with E-state index in [4.69, 9.17) is 9.79 Å². The van der Waals surface area contributed by atoms with Gasteiger partial charge < -0.3 is 14.5 Å². The first-order valence-corrected chi connectivity index (χ1v) is 9.97. The van der Waals surface area contributed by atoms with Gasteiger partial charge in [0.05, 0.1) is 23.4 Å². The molecule has 3 aromatic carbocycles. The summed E-state index contributed by atoms with van der Waals surface area (Å²) in [7, 11) is -4.43. The summed E-state index contributed by atoms with van der Waals surface area (Å²) in [5.41, 5.74) is -0.416. The Kier molecular flexibility index (Phi) is 5.83. The van der Waals surface area contributed by atoms with E-state index in [1.807, 2.05) is 0 Å². The molecule has 3 rings (SSSR count). The highest BCUT2D eigenvalue weighted by atomic mass is 31.2. The van der Waals surface area contributed by atoms with Crippen LogP contribution >= 0.6 is 7.60 Å². The molecule has 0 radical (unpaired) electrons. The monoisotopic (exact) mass is 457 g/mol. The Hall–Kier alpha value is -3.32. The summed E-state index contributed by atoms with van der Waals surface area (Å²) in [6, 6.07) is 7.81. The number of benzene rings is 3. The molecule has 0 aliphatic rings. The van der Waals surface area contributed by atoms with Crippen molar-refractivity contribution in [1.82, 2.24) is 0 Å². The average molecular weight is 457 g/mol. The van der Waals surface area contributed by atoms with Gasteiger partial charge in [0.2, 0.25) is 34.8 Å².